The van der Waals surface area contributed by atoms with E-state index in [1.165, 1.54) is 63.4 Å². The van der Waals surface area contributed by atoms with Crippen molar-refractivity contribution < 1.29 is 19.2 Å². The van der Waals surface area contributed by atoms with E-state index in [4.69, 9.17) is 9.57 Å². The fourth-order valence-corrected chi connectivity index (χ4v) is 4.50. The molecule has 1 N–H and O–H groups in total. The number of nitrogens with zero attached hydrogens (tertiary/aromatic N) is 1. The van der Waals surface area contributed by atoms with E-state index in [9.17, 15) is 9.59 Å². The maximum absolute atomic E-state index is 12.6. The van der Waals surface area contributed by atoms with Crippen LogP contribution in [0.4, 0.5) is 5.69 Å². The standard InChI is InChI=1S/C34H44N2O4/c1-3-4-5-6-7-8-9-10-11-15-25-35-34(38)30-23-21-29(22-24-30)27-36(40-28(2)37)31-17-16-20-33(26-31)39-32-18-13-12-14-19-32/h12-14,16-24,26H,3-11,15,25,27H2,1-2H3,(H,35,38). The van der Waals surface area contributed by atoms with Crippen molar-refractivity contribution in [2.24, 2.45) is 0 Å². The van der Waals surface area contributed by atoms with Gasteiger partial charge in [0.25, 0.3) is 5.91 Å². The molecule has 0 aromatic heterocycles. The van der Waals surface area contributed by atoms with Crippen molar-refractivity contribution in [1.82, 2.24) is 5.32 Å². The summed E-state index contributed by atoms with van der Waals surface area (Å²) in [5.41, 5.74) is 2.21. The zero-order valence-corrected chi connectivity index (χ0v) is 24.1. The SMILES string of the molecule is CCCCCCCCCCCCNC(=O)c1ccc(CN(OC(C)=O)c2cccc(Oc3ccccc3)c2)cc1. The van der Waals surface area contributed by atoms with Gasteiger partial charge >= 0.3 is 5.97 Å². The zero-order valence-electron chi connectivity index (χ0n) is 24.1. The van der Waals surface area contributed by atoms with Crippen LogP contribution in [0.1, 0.15) is 94.0 Å². The highest BCUT2D eigenvalue weighted by Crippen LogP contribution is 2.27. The lowest BCUT2D eigenvalue weighted by Gasteiger charge is -2.23. The molecule has 0 spiro atoms. The van der Waals surface area contributed by atoms with Crippen LogP contribution in [0.2, 0.25) is 0 Å². The fourth-order valence-electron chi connectivity index (χ4n) is 4.50. The normalized spacial score (nSPS) is 10.7. The Bertz CT molecular complexity index is 1150. The molecule has 40 heavy (non-hydrogen) atoms. The molecule has 214 valence electrons. The van der Waals surface area contributed by atoms with Crippen LogP contribution >= 0.6 is 0 Å². The van der Waals surface area contributed by atoms with Crippen molar-refractivity contribution in [3.63, 3.8) is 0 Å². The number of hydroxylamine groups is 1. The number of anilines is 1. The van der Waals surface area contributed by atoms with Crippen LogP contribution < -0.4 is 15.1 Å². The minimum Gasteiger partial charge on any atom is -0.457 e. The first-order chi connectivity index (χ1) is 19.5. The first-order valence-corrected chi connectivity index (χ1v) is 14.7. The molecule has 0 heterocycles. The molecule has 0 fully saturated rings. The molecule has 0 atom stereocenters. The van der Waals surface area contributed by atoms with E-state index in [0.29, 0.717) is 30.1 Å². The second kappa shape index (κ2) is 17.7. The number of para-hydroxylation sites is 1. The number of hydrogen-bond donors (Lipinski definition) is 1. The minimum absolute atomic E-state index is 0.0647. The Kier molecular flexibility index (Phi) is 13.6. The lowest BCUT2D eigenvalue weighted by molar-refractivity contribution is -0.142. The van der Waals surface area contributed by atoms with E-state index in [1.54, 1.807) is 0 Å². The van der Waals surface area contributed by atoms with Crippen LogP contribution in [0.5, 0.6) is 11.5 Å². The van der Waals surface area contributed by atoms with Gasteiger partial charge in [-0.1, -0.05) is 101 Å². The van der Waals surface area contributed by atoms with Gasteiger partial charge in [0.05, 0.1) is 12.2 Å². The number of carbonyl (C=O) groups is 2. The van der Waals surface area contributed by atoms with Gasteiger partial charge in [-0.2, -0.15) is 0 Å². The van der Waals surface area contributed by atoms with E-state index in [-0.39, 0.29) is 5.91 Å². The molecule has 0 saturated carbocycles. The summed E-state index contributed by atoms with van der Waals surface area (Å²) >= 11 is 0. The minimum atomic E-state index is -0.419. The Labute approximate surface area is 239 Å². The molecule has 6 nitrogen and oxygen atoms in total. The molecule has 0 aliphatic heterocycles. The van der Waals surface area contributed by atoms with Crippen molar-refractivity contribution in [3.05, 3.63) is 90.0 Å². The molecular weight excluding hydrogens is 500 g/mol. The molecule has 3 aromatic carbocycles. The highest BCUT2D eigenvalue weighted by Gasteiger charge is 2.14. The lowest BCUT2D eigenvalue weighted by atomic mass is 10.1. The number of benzene rings is 3. The van der Waals surface area contributed by atoms with Gasteiger partial charge in [-0.25, -0.2) is 5.06 Å². The Morgan fingerprint density at radius 1 is 0.725 bits per heavy atom. The molecule has 0 radical (unpaired) electrons. The fraction of sp³-hybridized carbons (Fsp3) is 0.412. The van der Waals surface area contributed by atoms with Crippen molar-refractivity contribution >= 4 is 17.6 Å². The first-order valence-electron chi connectivity index (χ1n) is 14.7. The first kappa shape index (κ1) is 30.7. The predicted octanol–water partition coefficient (Wildman–Crippen LogP) is 8.61. The quantitative estimate of drug-likeness (QED) is 0.128. The molecular formula is C34H44N2O4. The summed E-state index contributed by atoms with van der Waals surface area (Å²) in [6, 6.07) is 24.3. The summed E-state index contributed by atoms with van der Waals surface area (Å²) in [7, 11) is 0. The van der Waals surface area contributed by atoms with Crippen LogP contribution in [-0.2, 0) is 16.2 Å². The number of carbonyl (C=O) groups excluding carboxylic acids is 2. The van der Waals surface area contributed by atoms with Gasteiger partial charge in [-0.05, 0) is 48.4 Å². The molecule has 0 aliphatic carbocycles. The number of rotatable bonds is 18. The van der Waals surface area contributed by atoms with Gasteiger partial charge in [-0.3, -0.25) is 9.59 Å². The maximum Gasteiger partial charge on any atom is 0.329 e. The maximum atomic E-state index is 12.6. The second-order valence-electron chi connectivity index (χ2n) is 10.2. The monoisotopic (exact) mass is 544 g/mol. The summed E-state index contributed by atoms with van der Waals surface area (Å²) < 4.78 is 5.94. The summed E-state index contributed by atoms with van der Waals surface area (Å²) in [6.07, 6.45) is 12.7. The summed E-state index contributed by atoms with van der Waals surface area (Å²) in [6.45, 7) is 4.65. The highest BCUT2D eigenvalue weighted by molar-refractivity contribution is 5.94. The highest BCUT2D eigenvalue weighted by atomic mass is 16.7. The Morgan fingerprint density at radius 3 is 2.00 bits per heavy atom. The van der Waals surface area contributed by atoms with Crippen molar-refractivity contribution in [1.29, 1.82) is 0 Å². The van der Waals surface area contributed by atoms with Crippen LogP contribution in [-0.4, -0.2) is 18.4 Å². The van der Waals surface area contributed by atoms with Gasteiger partial charge in [0.15, 0.2) is 0 Å². The van der Waals surface area contributed by atoms with Crippen molar-refractivity contribution in [3.8, 4) is 11.5 Å². The van der Waals surface area contributed by atoms with Gasteiger partial charge < -0.3 is 14.9 Å². The molecule has 3 rings (SSSR count). The van der Waals surface area contributed by atoms with Crippen LogP contribution in [0, 0.1) is 0 Å². The molecule has 0 unspecified atom stereocenters. The lowest BCUT2D eigenvalue weighted by Crippen LogP contribution is -2.26. The third kappa shape index (κ3) is 11.5. The van der Waals surface area contributed by atoms with E-state index < -0.39 is 5.97 Å². The summed E-state index contributed by atoms with van der Waals surface area (Å²) in [5.74, 6) is 0.874. The smallest absolute Gasteiger partial charge is 0.329 e. The molecule has 3 aromatic rings. The topological polar surface area (TPSA) is 67.9 Å². The predicted molar refractivity (Wildman–Crippen MR) is 162 cm³/mol. The third-order valence-electron chi connectivity index (χ3n) is 6.68. The van der Waals surface area contributed by atoms with Gasteiger partial charge in [0.1, 0.15) is 11.5 Å². The van der Waals surface area contributed by atoms with Crippen molar-refractivity contribution in [2.45, 2.75) is 84.6 Å². The number of nitrogens with one attached hydrogen (secondary N) is 1. The number of hydrogen-bond acceptors (Lipinski definition) is 5. The van der Waals surface area contributed by atoms with Crippen LogP contribution in [0.3, 0.4) is 0 Å². The average molecular weight is 545 g/mol. The van der Waals surface area contributed by atoms with E-state index in [0.717, 1.165) is 24.2 Å². The number of unbranched alkanes of at least 4 members (excludes halogenated alkanes) is 9. The molecule has 0 saturated heterocycles. The van der Waals surface area contributed by atoms with Crippen LogP contribution in [0.15, 0.2) is 78.9 Å². The number of ether oxygens (including phenoxy) is 1. The average Bonchev–Trinajstić information content (AvgIpc) is 2.96. The molecule has 0 bridgehead atoms. The Hall–Kier alpha value is -3.80. The Morgan fingerprint density at radius 2 is 1.35 bits per heavy atom. The largest absolute Gasteiger partial charge is 0.457 e. The molecule has 0 aliphatic rings. The van der Waals surface area contributed by atoms with Crippen molar-refractivity contribution in [2.75, 3.05) is 11.6 Å². The van der Waals surface area contributed by atoms with Crippen LogP contribution in [0.25, 0.3) is 0 Å². The second-order valence-corrected chi connectivity index (χ2v) is 10.2. The zero-order chi connectivity index (χ0) is 28.4. The van der Waals surface area contributed by atoms with Gasteiger partial charge in [0, 0.05) is 25.1 Å². The Balaban J connectivity index is 1.45. The van der Waals surface area contributed by atoms with E-state index >= 15 is 0 Å². The summed E-state index contributed by atoms with van der Waals surface area (Å²) in [5, 5.41) is 4.56. The van der Waals surface area contributed by atoms with E-state index in [1.807, 2.05) is 78.9 Å². The van der Waals surface area contributed by atoms with Gasteiger partial charge in [-0.15, -0.1) is 0 Å². The summed E-state index contributed by atoms with van der Waals surface area (Å²) in [4.78, 5) is 29.9. The molecule has 6 heteroatoms. The van der Waals surface area contributed by atoms with Gasteiger partial charge in [0.2, 0.25) is 0 Å². The molecule has 1 amide bonds. The third-order valence-corrected chi connectivity index (χ3v) is 6.68. The van der Waals surface area contributed by atoms with E-state index in [2.05, 4.69) is 12.2 Å². The number of amides is 1.